The predicted molar refractivity (Wildman–Crippen MR) is 121 cm³/mol. The van der Waals surface area contributed by atoms with Crippen molar-refractivity contribution in [2.75, 3.05) is 43.4 Å². The lowest BCUT2D eigenvalue weighted by Crippen LogP contribution is -2.44. The van der Waals surface area contributed by atoms with Crippen LogP contribution in [0.5, 0.6) is 0 Å². The van der Waals surface area contributed by atoms with Gasteiger partial charge in [-0.2, -0.15) is 4.98 Å². The summed E-state index contributed by atoms with van der Waals surface area (Å²) in [5.41, 5.74) is 5.82. The van der Waals surface area contributed by atoms with Crippen molar-refractivity contribution in [2.45, 2.75) is 39.5 Å². The number of benzene rings is 1. The first-order valence-electron chi connectivity index (χ1n) is 10.9. The second kappa shape index (κ2) is 7.80. The topological polar surface area (TPSA) is 70.1 Å². The zero-order chi connectivity index (χ0) is 20.7. The van der Waals surface area contributed by atoms with Crippen LogP contribution in [0.4, 0.5) is 17.7 Å². The molecule has 1 saturated heterocycles. The van der Waals surface area contributed by atoms with Gasteiger partial charge < -0.3 is 9.80 Å². The highest BCUT2D eigenvalue weighted by Gasteiger charge is 2.18. The third-order valence-electron chi connectivity index (χ3n) is 6.28. The van der Waals surface area contributed by atoms with E-state index < -0.39 is 0 Å². The van der Waals surface area contributed by atoms with Crippen molar-refractivity contribution in [3.05, 3.63) is 40.7 Å². The zero-order valence-corrected chi connectivity index (χ0v) is 18.1. The van der Waals surface area contributed by atoms with Crippen molar-refractivity contribution in [3.8, 4) is 0 Å². The molecule has 1 aliphatic carbocycles. The zero-order valence-electron chi connectivity index (χ0n) is 18.1. The van der Waals surface area contributed by atoms with Crippen LogP contribution in [0.15, 0.2) is 18.2 Å². The summed E-state index contributed by atoms with van der Waals surface area (Å²) in [6.07, 6.45) is 4.73. The Balaban J connectivity index is 1.48. The fourth-order valence-electron chi connectivity index (χ4n) is 4.54. The Morgan fingerprint density at radius 1 is 0.867 bits per heavy atom. The number of aromatic nitrogens is 4. The van der Waals surface area contributed by atoms with Gasteiger partial charge >= 0.3 is 0 Å². The van der Waals surface area contributed by atoms with Gasteiger partial charge in [-0.05, 0) is 57.7 Å². The van der Waals surface area contributed by atoms with Gasteiger partial charge in [0.15, 0.2) is 0 Å². The molecule has 0 spiro atoms. The number of rotatable bonds is 3. The third kappa shape index (κ3) is 3.69. The summed E-state index contributed by atoms with van der Waals surface area (Å²) >= 11 is 0. The smallest absolute Gasteiger partial charge is 0.231 e. The maximum Gasteiger partial charge on any atom is 0.231 e. The van der Waals surface area contributed by atoms with Gasteiger partial charge in [-0.25, -0.2) is 15.0 Å². The first-order chi connectivity index (χ1) is 14.6. The molecule has 156 valence electrons. The Hall–Kier alpha value is -2.80. The van der Waals surface area contributed by atoms with Crippen LogP contribution in [0.2, 0.25) is 0 Å². The third-order valence-corrected chi connectivity index (χ3v) is 6.28. The average molecular weight is 404 g/mol. The van der Waals surface area contributed by atoms with Crippen molar-refractivity contribution < 1.29 is 0 Å². The Labute approximate surface area is 177 Å². The first-order valence-corrected chi connectivity index (χ1v) is 10.9. The van der Waals surface area contributed by atoms with E-state index in [0.29, 0.717) is 11.9 Å². The largest absolute Gasteiger partial charge is 0.354 e. The van der Waals surface area contributed by atoms with Crippen LogP contribution in [0, 0.1) is 13.8 Å². The maximum atomic E-state index is 4.90. The summed E-state index contributed by atoms with van der Waals surface area (Å²) in [6.45, 7) is 8.11. The van der Waals surface area contributed by atoms with Crippen LogP contribution in [0.25, 0.3) is 10.9 Å². The van der Waals surface area contributed by atoms with E-state index in [1.54, 1.807) is 0 Å². The molecule has 1 aliphatic heterocycles. The van der Waals surface area contributed by atoms with Gasteiger partial charge in [0.05, 0.1) is 11.2 Å². The lowest BCUT2D eigenvalue weighted by molar-refractivity contribution is 0.312. The van der Waals surface area contributed by atoms with Crippen molar-refractivity contribution in [1.82, 2.24) is 24.8 Å². The van der Waals surface area contributed by atoms with Crippen LogP contribution in [-0.4, -0.2) is 58.1 Å². The van der Waals surface area contributed by atoms with Crippen LogP contribution in [0.1, 0.15) is 35.4 Å². The molecule has 0 radical (unpaired) electrons. The van der Waals surface area contributed by atoms with Crippen LogP contribution in [0.3, 0.4) is 0 Å². The van der Waals surface area contributed by atoms with Crippen molar-refractivity contribution >= 4 is 28.6 Å². The van der Waals surface area contributed by atoms with Crippen molar-refractivity contribution in [2.24, 2.45) is 0 Å². The number of anilines is 3. The van der Waals surface area contributed by atoms with Gasteiger partial charge in [-0.15, -0.1) is 0 Å². The second-order valence-electron chi connectivity index (χ2n) is 8.55. The molecule has 0 saturated carbocycles. The minimum atomic E-state index is 0.562. The second-order valence-corrected chi connectivity index (χ2v) is 8.55. The van der Waals surface area contributed by atoms with E-state index in [4.69, 9.17) is 15.0 Å². The van der Waals surface area contributed by atoms with E-state index in [1.165, 1.54) is 24.0 Å². The molecular formula is C23H29N7. The molecule has 0 amide bonds. The molecule has 0 bridgehead atoms. The van der Waals surface area contributed by atoms with Gasteiger partial charge in [0, 0.05) is 43.3 Å². The van der Waals surface area contributed by atoms with Crippen molar-refractivity contribution in [1.29, 1.82) is 0 Å². The highest BCUT2D eigenvalue weighted by atomic mass is 15.3. The highest BCUT2D eigenvalue weighted by molar-refractivity contribution is 5.86. The summed E-state index contributed by atoms with van der Waals surface area (Å²) in [6, 6.07) is 6.49. The molecule has 1 fully saturated rings. The molecule has 3 aromatic rings. The van der Waals surface area contributed by atoms with Crippen LogP contribution < -0.4 is 10.2 Å². The standard InChI is InChI=1S/C23H29N7/c1-15-14-20(30-12-10-29(3)11-13-30)26-22(24-15)28-23-25-16(2)18-9-8-17-6-4-5-7-19(17)21(18)27-23/h8-9,14H,4-7,10-13H2,1-3H3,(H,24,25,26,27,28). The quantitative estimate of drug-likeness (QED) is 0.719. The SMILES string of the molecule is Cc1cc(N2CCN(C)CC2)nc(Nc2nc(C)c3ccc4c(c3n2)CCCC4)n1. The summed E-state index contributed by atoms with van der Waals surface area (Å²) in [4.78, 5) is 23.7. The monoisotopic (exact) mass is 403 g/mol. The molecule has 0 atom stereocenters. The number of aryl methyl sites for hydroxylation is 4. The fourth-order valence-corrected chi connectivity index (χ4v) is 4.54. The molecule has 1 aromatic carbocycles. The molecule has 5 rings (SSSR count). The molecule has 0 unspecified atom stereocenters. The molecule has 30 heavy (non-hydrogen) atoms. The average Bonchev–Trinajstić information content (AvgIpc) is 2.74. The molecule has 7 heteroatoms. The van der Waals surface area contributed by atoms with E-state index in [9.17, 15) is 0 Å². The Bertz CT molecular complexity index is 1090. The lowest BCUT2D eigenvalue weighted by Gasteiger charge is -2.33. The number of piperazine rings is 1. The number of likely N-dealkylation sites (N-methyl/N-ethyl adjacent to an activating group) is 1. The van der Waals surface area contributed by atoms with Gasteiger partial charge in [0.25, 0.3) is 0 Å². The molecule has 3 heterocycles. The molecule has 7 nitrogen and oxygen atoms in total. The van der Waals surface area contributed by atoms with E-state index in [0.717, 1.165) is 67.1 Å². The maximum absolute atomic E-state index is 4.90. The van der Waals surface area contributed by atoms with Crippen molar-refractivity contribution in [3.63, 3.8) is 0 Å². The Morgan fingerprint density at radius 2 is 1.63 bits per heavy atom. The number of fused-ring (bicyclic) bond motifs is 3. The van der Waals surface area contributed by atoms with E-state index >= 15 is 0 Å². The van der Waals surface area contributed by atoms with Crippen LogP contribution in [-0.2, 0) is 12.8 Å². The Kier molecular flexibility index (Phi) is 4.98. The van der Waals surface area contributed by atoms with Gasteiger partial charge in [0.2, 0.25) is 11.9 Å². The number of nitrogens with zero attached hydrogens (tertiary/aromatic N) is 6. The van der Waals surface area contributed by atoms with E-state index in [1.807, 2.05) is 6.92 Å². The normalized spacial score (nSPS) is 17.2. The predicted octanol–water partition coefficient (Wildman–Crippen LogP) is 3.41. The van der Waals surface area contributed by atoms with Crippen LogP contribution >= 0.6 is 0 Å². The summed E-state index contributed by atoms with van der Waals surface area (Å²) in [5.74, 6) is 2.11. The minimum absolute atomic E-state index is 0.562. The van der Waals surface area contributed by atoms with Gasteiger partial charge in [-0.1, -0.05) is 12.1 Å². The first kappa shape index (κ1) is 19.2. The van der Waals surface area contributed by atoms with E-state index in [-0.39, 0.29) is 0 Å². The molecular weight excluding hydrogens is 374 g/mol. The number of hydrogen-bond acceptors (Lipinski definition) is 7. The molecule has 2 aliphatic rings. The Morgan fingerprint density at radius 3 is 2.47 bits per heavy atom. The number of hydrogen-bond donors (Lipinski definition) is 1. The summed E-state index contributed by atoms with van der Waals surface area (Å²) in [5, 5.41) is 4.43. The molecule has 1 N–H and O–H groups in total. The summed E-state index contributed by atoms with van der Waals surface area (Å²) < 4.78 is 0. The van der Waals surface area contributed by atoms with E-state index in [2.05, 4.69) is 52.3 Å². The highest BCUT2D eigenvalue weighted by Crippen LogP contribution is 2.30. The van der Waals surface area contributed by atoms with Gasteiger partial charge in [-0.3, -0.25) is 5.32 Å². The van der Waals surface area contributed by atoms with Gasteiger partial charge in [0.1, 0.15) is 5.82 Å². The summed E-state index contributed by atoms with van der Waals surface area (Å²) in [7, 11) is 2.16. The fraction of sp³-hybridized carbons (Fsp3) is 0.478. The molecule has 2 aromatic heterocycles. The number of nitrogens with one attached hydrogen (secondary N) is 1. The lowest BCUT2D eigenvalue weighted by atomic mass is 9.89. The minimum Gasteiger partial charge on any atom is -0.354 e.